The van der Waals surface area contributed by atoms with Crippen LogP contribution in [-0.2, 0) is 16.1 Å². The van der Waals surface area contributed by atoms with Crippen LogP contribution in [0.5, 0.6) is 5.75 Å². The molecule has 0 aliphatic heterocycles. The van der Waals surface area contributed by atoms with Gasteiger partial charge in [-0.25, -0.2) is 0 Å². The molecule has 0 fully saturated rings. The van der Waals surface area contributed by atoms with Crippen molar-refractivity contribution in [1.29, 1.82) is 0 Å². The molecule has 0 aliphatic rings. The number of carbonyl (C=O) groups excluding carboxylic acids is 2. The van der Waals surface area contributed by atoms with E-state index in [9.17, 15) is 22.8 Å². The molecule has 0 aliphatic carbocycles. The standard InChI is InChI=1S/C14H17F3N2O3/c1-9(18-10(2)20)13(21)19(3)8-11-6-4-5-7-12(11)22-14(15,16)17/h4-7,9H,8H2,1-3H3,(H,18,20). The Labute approximate surface area is 126 Å². The van der Waals surface area contributed by atoms with Gasteiger partial charge >= 0.3 is 6.36 Å². The van der Waals surface area contributed by atoms with Crippen molar-refractivity contribution in [2.24, 2.45) is 0 Å². The lowest BCUT2D eigenvalue weighted by Gasteiger charge is -2.23. The van der Waals surface area contributed by atoms with Crippen LogP contribution in [0.3, 0.4) is 0 Å². The van der Waals surface area contributed by atoms with Crippen LogP contribution < -0.4 is 10.1 Å². The zero-order valence-electron chi connectivity index (χ0n) is 12.4. The Morgan fingerprint density at radius 3 is 2.45 bits per heavy atom. The molecule has 22 heavy (non-hydrogen) atoms. The number of hydrogen-bond acceptors (Lipinski definition) is 3. The molecule has 122 valence electrons. The summed E-state index contributed by atoms with van der Waals surface area (Å²) in [6.45, 7) is 2.70. The maximum Gasteiger partial charge on any atom is 0.573 e. The smallest absolute Gasteiger partial charge is 0.405 e. The van der Waals surface area contributed by atoms with Gasteiger partial charge in [-0.15, -0.1) is 13.2 Å². The average Bonchev–Trinajstić information content (AvgIpc) is 2.37. The number of amides is 2. The maximum absolute atomic E-state index is 12.3. The molecule has 8 heteroatoms. The number of carbonyl (C=O) groups is 2. The monoisotopic (exact) mass is 318 g/mol. The number of ether oxygens (including phenoxy) is 1. The lowest BCUT2D eigenvalue weighted by atomic mass is 10.2. The number of rotatable bonds is 5. The molecule has 1 unspecified atom stereocenters. The van der Waals surface area contributed by atoms with E-state index < -0.39 is 18.3 Å². The zero-order chi connectivity index (χ0) is 16.9. The Morgan fingerprint density at radius 1 is 1.32 bits per heavy atom. The van der Waals surface area contributed by atoms with E-state index in [1.807, 2.05) is 0 Å². The van der Waals surface area contributed by atoms with E-state index in [2.05, 4.69) is 10.1 Å². The highest BCUT2D eigenvalue weighted by Crippen LogP contribution is 2.26. The largest absolute Gasteiger partial charge is 0.573 e. The summed E-state index contributed by atoms with van der Waals surface area (Å²) in [6, 6.07) is 4.81. The number of benzene rings is 1. The SMILES string of the molecule is CC(=O)NC(C)C(=O)N(C)Cc1ccccc1OC(F)(F)F. The maximum atomic E-state index is 12.3. The second kappa shape index (κ2) is 7.15. The van der Waals surface area contributed by atoms with Gasteiger partial charge < -0.3 is 15.0 Å². The highest BCUT2D eigenvalue weighted by molar-refractivity contribution is 5.86. The lowest BCUT2D eigenvalue weighted by Crippen LogP contribution is -2.44. The molecule has 5 nitrogen and oxygen atoms in total. The number of likely N-dealkylation sites (N-methyl/N-ethyl adjacent to an activating group) is 1. The summed E-state index contributed by atoms with van der Waals surface area (Å²) in [4.78, 5) is 24.2. The zero-order valence-corrected chi connectivity index (χ0v) is 12.4. The van der Waals surface area contributed by atoms with Crippen LogP contribution in [-0.4, -0.2) is 36.2 Å². The minimum atomic E-state index is -4.80. The number of nitrogens with one attached hydrogen (secondary N) is 1. The van der Waals surface area contributed by atoms with Crippen LogP contribution in [0.2, 0.25) is 0 Å². The molecule has 0 aromatic heterocycles. The fourth-order valence-corrected chi connectivity index (χ4v) is 1.89. The van der Waals surface area contributed by atoms with E-state index in [0.717, 1.165) is 0 Å². The quantitative estimate of drug-likeness (QED) is 0.904. The lowest BCUT2D eigenvalue weighted by molar-refractivity contribution is -0.275. The molecule has 0 radical (unpaired) electrons. The second-order valence-corrected chi connectivity index (χ2v) is 4.77. The first-order valence-electron chi connectivity index (χ1n) is 6.46. The Balaban J connectivity index is 2.82. The molecule has 1 atom stereocenters. The molecular weight excluding hydrogens is 301 g/mol. The average molecular weight is 318 g/mol. The Hall–Kier alpha value is -2.25. The van der Waals surface area contributed by atoms with Gasteiger partial charge in [0.25, 0.3) is 0 Å². The minimum Gasteiger partial charge on any atom is -0.405 e. The Kier molecular flexibility index (Phi) is 5.78. The first-order valence-corrected chi connectivity index (χ1v) is 6.46. The molecule has 1 aromatic rings. The van der Waals surface area contributed by atoms with Crippen molar-refractivity contribution in [3.63, 3.8) is 0 Å². The van der Waals surface area contributed by atoms with Gasteiger partial charge in [0.15, 0.2) is 0 Å². The molecular formula is C14H17F3N2O3. The van der Waals surface area contributed by atoms with Crippen LogP contribution in [0.15, 0.2) is 24.3 Å². The third kappa shape index (κ3) is 5.63. The summed E-state index contributed by atoms with van der Waals surface area (Å²) in [6.07, 6.45) is -4.80. The van der Waals surface area contributed by atoms with Crippen LogP contribution >= 0.6 is 0 Å². The molecule has 0 saturated heterocycles. The predicted molar refractivity (Wildman–Crippen MR) is 72.9 cm³/mol. The van der Waals surface area contributed by atoms with Gasteiger partial charge in [0.1, 0.15) is 11.8 Å². The topological polar surface area (TPSA) is 58.6 Å². The first-order chi connectivity index (χ1) is 10.1. The van der Waals surface area contributed by atoms with Crippen LogP contribution in [0.25, 0.3) is 0 Å². The molecule has 0 spiro atoms. The molecule has 1 rings (SSSR count). The van der Waals surface area contributed by atoms with E-state index in [0.29, 0.717) is 0 Å². The van der Waals surface area contributed by atoms with Crippen molar-refractivity contribution >= 4 is 11.8 Å². The van der Waals surface area contributed by atoms with Gasteiger partial charge in [0.2, 0.25) is 11.8 Å². The van der Waals surface area contributed by atoms with Crippen molar-refractivity contribution in [2.45, 2.75) is 32.8 Å². The summed E-state index contributed by atoms with van der Waals surface area (Å²) in [5, 5.41) is 2.42. The summed E-state index contributed by atoms with van der Waals surface area (Å²) < 4.78 is 40.9. The van der Waals surface area contributed by atoms with Gasteiger partial charge in [-0.1, -0.05) is 18.2 Å². The molecule has 0 saturated carbocycles. The van der Waals surface area contributed by atoms with Crippen molar-refractivity contribution in [2.75, 3.05) is 7.05 Å². The number of nitrogens with zero attached hydrogens (tertiary/aromatic N) is 1. The van der Waals surface area contributed by atoms with Gasteiger partial charge in [-0.3, -0.25) is 9.59 Å². The van der Waals surface area contributed by atoms with E-state index in [1.54, 1.807) is 6.07 Å². The Morgan fingerprint density at radius 2 is 1.91 bits per heavy atom. The van der Waals surface area contributed by atoms with Crippen molar-refractivity contribution in [3.05, 3.63) is 29.8 Å². The van der Waals surface area contributed by atoms with Crippen molar-refractivity contribution < 1.29 is 27.5 Å². The van der Waals surface area contributed by atoms with Gasteiger partial charge in [0, 0.05) is 26.1 Å². The molecule has 1 aromatic carbocycles. The van der Waals surface area contributed by atoms with Gasteiger partial charge in [-0.05, 0) is 13.0 Å². The summed E-state index contributed by atoms with van der Waals surface area (Å²) >= 11 is 0. The van der Waals surface area contributed by atoms with Gasteiger partial charge in [-0.2, -0.15) is 0 Å². The summed E-state index contributed by atoms with van der Waals surface area (Å²) in [5.74, 6) is -1.14. The number of alkyl halides is 3. The third-order valence-corrected chi connectivity index (χ3v) is 2.77. The highest BCUT2D eigenvalue weighted by atomic mass is 19.4. The van der Waals surface area contributed by atoms with E-state index in [4.69, 9.17) is 0 Å². The molecule has 1 N–H and O–H groups in total. The van der Waals surface area contributed by atoms with Crippen LogP contribution in [0.4, 0.5) is 13.2 Å². The Bertz CT molecular complexity index is 546. The van der Waals surface area contributed by atoms with E-state index in [1.165, 1.54) is 44.0 Å². The number of halogens is 3. The third-order valence-electron chi connectivity index (χ3n) is 2.77. The highest BCUT2D eigenvalue weighted by Gasteiger charge is 2.32. The first kappa shape index (κ1) is 17.8. The fourth-order valence-electron chi connectivity index (χ4n) is 1.89. The normalized spacial score (nSPS) is 12.5. The number of hydrogen-bond donors (Lipinski definition) is 1. The minimum absolute atomic E-state index is 0.0744. The second-order valence-electron chi connectivity index (χ2n) is 4.77. The fraction of sp³-hybridized carbons (Fsp3) is 0.429. The van der Waals surface area contributed by atoms with E-state index >= 15 is 0 Å². The summed E-state index contributed by atoms with van der Waals surface area (Å²) in [5.41, 5.74) is 0.214. The molecule has 0 bridgehead atoms. The van der Waals surface area contributed by atoms with Crippen LogP contribution in [0.1, 0.15) is 19.4 Å². The summed E-state index contributed by atoms with van der Waals surface area (Å²) in [7, 11) is 1.44. The van der Waals surface area contributed by atoms with E-state index in [-0.39, 0.29) is 23.8 Å². The molecule has 2 amide bonds. The van der Waals surface area contributed by atoms with Gasteiger partial charge in [0.05, 0.1) is 0 Å². The predicted octanol–water partition coefficient (Wildman–Crippen LogP) is 2.07. The van der Waals surface area contributed by atoms with Crippen LogP contribution in [0, 0.1) is 0 Å². The molecule has 0 heterocycles. The number of para-hydroxylation sites is 1. The van der Waals surface area contributed by atoms with Crippen molar-refractivity contribution in [1.82, 2.24) is 10.2 Å². The van der Waals surface area contributed by atoms with Crippen molar-refractivity contribution in [3.8, 4) is 5.75 Å².